The molecule has 3 aliphatic carbocycles. The molecule has 2 bridgehead atoms. The number of aromatic nitrogens is 2. The van der Waals surface area contributed by atoms with Crippen LogP contribution >= 0.6 is 0 Å². The first-order chi connectivity index (χ1) is 15.1. The summed E-state index contributed by atoms with van der Waals surface area (Å²) in [6.45, 7) is 1.96. The van der Waals surface area contributed by atoms with E-state index in [1.54, 1.807) is 0 Å². The summed E-state index contributed by atoms with van der Waals surface area (Å²) in [6.07, 6.45) is 8.50. The van der Waals surface area contributed by atoms with Gasteiger partial charge in [-0.05, 0) is 74.9 Å². The van der Waals surface area contributed by atoms with Crippen LogP contribution in [0.2, 0.25) is 0 Å². The molecule has 3 aliphatic rings. The molecule has 1 heterocycles. The van der Waals surface area contributed by atoms with Crippen molar-refractivity contribution in [2.45, 2.75) is 44.1 Å². The van der Waals surface area contributed by atoms with Gasteiger partial charge in [-0.2, -0.15) is 0 Å². The van der Waals surface area contributed by atoms with Crippen molar-refractivity contribution in [1.29, 1.82) is 0 Å². The maximum atomic E-state index is 11.5. The standard InChI is InChI=1S/C27H33N3O/c1-30(16-7-12-26-28-24-10-5-6-11-25(24)29-26)17-15-27(31)19-21-13-14-22(27)18-23(21)20-8-3-2-4-9-20/h2-6,8-11,18,21-22,31H,7,12-17,19H2,1H3,(H,28,29)/t21-,22-,27+/m0/s1. The summed E-state index contributed by atoms with van der Waals surface area (Å²) in [4.78, 5) is 10.5. The first-order valence-electron chi connectivity index (χ1n) is 11.7. The Hall–Kier alpha value is -2.43. The number of allylic oxidation sites excluding steroid dienone is 1. The summed E-state index contributed by atoms with van der Waals surface area (Å²) < 4.78 is 0. The number of hydrogen-bond acceptors (Lipinski definition) is 3. The highest BCUT2D eigenvalue weighted by Crippen LogP contribution is 2.51. The maximum absolute atomic E-state index is 11.5. The highest BCUT2D eigenvalue weighted by Gasteiger charge is 2.46. The molecule has 0 spiro atoms. The molecule has 1 fully saturated rings. The zero-order chi connectivity index (χ0) is 21.3. The number of fused-ring (bicyclic) bond motifs is 3. The van der Waals surface area contributed by atoms with E-state index in [0.29, 0.717) is 5.92 Å². The monoisotopic (exact) mass is 415 g/mol. The highest BCUT2D eigenvalue weighted by atomic mass is 16.3. The van der Waals surface area contributed by atoms with Crippen LogP contribution in [0.5, 0.6) is 0 Å². The fraction of sp³-hybridized carbons (Fsp3) is 0.444. The summed E-state index contributed by atoms with van der Waals surface area (Å²) in [5.74, 6) is 1.85. The second-order valence-corrected chi connectivity index (χ2v) is 9.53. The van der Waals surface area contributed by atoms with Gasteiger partial charge in [0, 0.05) is 18.9 Å². The molecule has 4 nitrogen and oxygen atoms in total. The number of benzene rings is 2. The van der Waals surface area contributed by atoms with Crippen molar-refractivity contribution < 1.29 is 5.11 Å². The molecule has 0 amide bonds. The Morgan fingerprint density at radius 2 is 1.87 bits per heavy atom. The first-order valence-corrected chi connectivity index (χ1v) is 11.7. The van der Waals surface area contributed by atoms with Gasteiger partial charge in [-0.1, -0.05) is 48.5 Å². The summed E-state index contributed by atoms with van der Waals surface area (Å²) >= 11 is 0. The van der Waals surface area contributed by atoms with Gasteiger partial charge in [0.05, 0.1) is 16.6 Å². The Morgan fingerprint density at radius 1 is 1.06 bits per heavy atom. The molecule has 3 aromatic rings. The molecule has 0 aliphatic heterocycles. The van der Waals surface area contributed by atoms with Gasteiger partial charge in [-0.15, -0.1) is 0 Å². The van der Waals surface area contributed by atoms with Crippen molar-refractivity contribution in [2.24, 2.45) is 11.8 Å². The minimum atomic E-state index is -0.547. The number of hydrogen-bond donors (Lipinski definition) is 2. The minimum absolute atomic E-state index is 0.289. The summed E-state index contributed by atoms with van der Waals surface area (Å²) in [5, 5.41) is 11.5. The molecule has 162 valence electrons. The van der Waals surface area contributed by atoms with Crippen LogP contribution in [0.3, 0.4) is 0 Å². The molecule has 0 unspecified atom stereocenters. The van der Waals surface area contributed by atoms with Gasteiger partial charge in [-0.25, -0.2) is 4.98 Å². The average molecular weight is 416 g/mol. The predicted octanol–water partition coefficient (Wildman–Crippen LogP) is 5.06. The van der Waals surface area contributed by atoms with Crippen LogP contribution in [0.25, 0.3) is 16.6 Å². The molecule has 2 aromatic carbocycles. The van der Waals surface area contributed by atoms with E-state index < -0.39 is 5.60 Å². The van der Waals surface area contributed by atoms with Gasteiger partial charge in [0.2, 0.25) is 0 Å². The first kappa shape index (κ1) is 20.5. The van der Waals surface area contributed by atoms with E-state index in [2.05, 4.69) is 70.5 Å². The van der Waals surface area contributed by atoms with Crippen LogP contribution in [0.4, 0.5) is 0 Å². The SMILES string of the molecule is CN(CCCc1nc2ccccc2[nH]1)CC[C@@]1(O)C[C@@H]2CC[C@H]1C=C2c1ccccc1. The Bertz CT molecular complexity index is 1020. The molecule has 0 radical (unpaired) electrons. The number of nitrogens with one attached hydrogen (secondary N) is 1. The fourth-order valence-corrected chi connectivity index (χ4v) is 5.57. The van der Waals surface area contributed by atoms with E-state index in [1.807, 2.05) is 12.1 Å². The van der Waals surface area contributed by atoms with E-state index in [-0.39, 0.29) is 5.92 Å². The van der Waals surface area contributed by atoms with Gasteiger partial charge < -0.3 is 15.0 Å². The Balaban J connectivity index is 1.13. The number of aromatic amines is 1. The number of para-hydroxylation sites is 2. The lowest BCUT2D eigenvalue weighted by molar-refractivity contribution is -0.0574. The van der Waals surface area contributed by atoms with Gasteiger partial charge in [0.15, 0.2) is 0 Å². The summed E-state index contributed by atoms with van der Waals surface area (Å²) in [5.41, 5.74) is 4.41. The van der Waals surface area contributed by atoms with Gasteiger partial charge in [-0.3, -0.25) is 0 Å². The second-order valence-electron chi connectivity index (χ2n) is 9.53. The molecule has 6 rings (SSSR count). The lowest BCUT2D eigenvalue weighted by Crippen LogP contribution is -2.48. The maximum Gasteiger partial charge on any atom is 0.107 e. The molecular formula is C27H33N3O. The average Bonchev–Trinajstić information content (AvgIpc) is 3.21. The van der Waals surface area contributed by atoms with Crippen molar-refractivity contribution in [3.05, 3.63) is 72.1 Å². The molecular weight excluding hydrogens is 382 g/mol. The third-order valence-electron chi connectivity index (χ3n) is 7.36. The summed E-state index contributed by atoms with van der Waals surface area (Å²) in [6, 6.07) is 18.9. The van der Waals surface area contributed by atoms with Gasteiger partial charge in [0.1, 0.15) is 5.82 Å². The number of nitrogens with zero attached hydrogens (tertiary/aromatic N) is 2. The fourth-order valence-electron chi connectivity index (χ4n) is 5.57. The van der Waals surface area contributed by atoms with E-state index in [4.69, 9.17) is 0 Å². The van der Waals surface area contributed by atoms with E-state index in [1.165, 1.54) is 17.6 Å². The van der Waals surface area contributed by atoms with Gasteiger partial charge in [0.25, 0.3) is 0 Å². The second kappa shape index (κ2) is 8.60. The number of aryl methyl sites for hydroxylation is 1. The zero-order valence-corrected chi connectivity index (χ0v) is 18.4. The van der Waals surface area contributed by atoms with Crippen molar-refractivity contribution in [3.8, 4) is 0 Å². The smallest absolute Gasteiger partial charge is 0.107 e. The van der Waals surface area contributed by atoms with Crippen LogP contribution in [-0.4, -0.2) is 45.7 Å². The molecule has 1 saturated carbocycles. The predicted molar refractivity (Wildman–Crippen MR) is 127 cm³/mol. The minimum Gasteiger partial charge on any atom is -0.389 e. The quantitative estimate of drug-likeness (QED) is 0.541. The van der Waals surface area contributed by atoms with Crippen molar-refractivity contribution in [3.63, 3.8) is 0 Å². The molecule has 31 heavy (non-hydrogen) atoms. The molecule has 0 saturated heterocycles. The Morgan fingerprint density at radius 3 is 2.65 bits per heavy atom. The van der Waals surface area contributed by atoms with Crippen molar-refractivity contribution >= 4 is 16.6 Å². The van der Waals surface area contributed by atoms with Gasteiger partial charge >= 0.3 is 0 Å². The number of imidazole rings is 1. The Labute approximate surface area is 185 Å². The zero-order valence-electron chi connectivity index (χ0n) is 18.4. The largest absolute Gasteiger partial charge is 0.389 e. The van der Waals surface area contributed by atoms with Crippen molar-refractivity contribution in [2.75, 3.05) is 20.1 Å². The lowest BCUT2D eigenvalue weighted by atomic mass is 9.61. The number of H-pyrrole nitrogens is 1. The molecule has 2 N–H and O–H groups in total. The number of aliphatic hydroxyl groups is 1. The van der Waals surface area contributed by atoms with E-state index in [9.17, 15) is 5.11 Å². The van der Waals surface area contributed by atoms with Crippen LogP contribution in [0, 0.1) is 11.8 Å². The molecule has 1 aromatic heterocycles. The van der Waals surface area contributed by atoms with Crippen LogP contribution < -0.4 is 0 Å². The highest BCUT2D eigenvalue weighted by molar-refractivity contribution is 5.74. The van der Waals surface area contributed by atoms with E-state index in [0.717, 1.165) is 62.1 Å². The van der Waals surface area contributed by atoms with E-state index >= 15 is 0 Å². The van der Waals surface area contributed by atoms with Crippen LogP contribution in [0.15, 0.2) is 60.7 Å². The third-order valence-corrected chi connectivity index (χ3v) is 7.36. The molecule has 3 atom stereocenters. The normalized spacial score (nSPS) is 25.3. The molecule has 4 heteroatoms. The third kappa shape index (κ3) is 4.32. The topological polar surface area (TPSA) is 52.2 Å². The van der Waals surface area contributed by atoms with Crippen molar-refractivity contribution in [1.82, 2.24) is 14.9 Å². The van der Waals surface area contributed by atoms with Crippen LogP contribution in [0.1, 0.15) is 43.5 Å². The van der Waals surface area contributed by atoms with Crippen LogP contribution in [-0.2, 0) is 6.42 Å². The Kier molecular flexibility index (Phi) is 5.68. The summed E-state index contributed by atoms with van der Waals surface area (Å²) in [7, 11) is 2.17. The number of rotatable bonds is 8. The lowest BCUT2D eigenvalue weighted by Gasteiger charge is -2.48.